The van der Waals surface area contributed by atoms with E-state index in [0.717, 1.165) is 5.75 Å². The van der Waals surface area contributed by atoms with Crippen molar-refractivity contribution in [3.63, 3.8) is 0 Å². The lowest BCUT2D eigenvalue weighted by atomic mass is 9.99. The van der Waals surface area contributed by atoms with Gasteiger partial charge in [-0.25, -0.2) is 0 Å². The van der Waals surface area contributed by atoms with Crippen LogP contribution in [-0.2, 0) is 0 Å². The summed E-state index contributed by atoms with van der Waals surface area (Å²) in [5.41, 5.74) is 1.99. The summed E-state index contributed by atoms with van der Waals surface area (Å²) in [6, 6.07) is 9.00. The van der Waals surface area contributed by atoms with Crippen LogP contribution in [0.3, 0.4) is 0 Å². The lowest BCUT2D eigenvalue weighted by Gasteiger charge is -2.25. The van der Waals surface area contributed by atoms with Crippen molar-refractivity contribution >= 4 is 11.8 Å². The molecule has 0 spiro atoms. The van der Waals surface area contributed by atoms with E-state index >= 15 is 0 Å². The quantitative estimate of drug-likeness (QED) is 0.801. The molecule has 2 atom stereocenters. The Kier molecular flexibility index (Phi) is 6.37. The number of aliphatic hydroxyl groups is 1. The first-order valence-electron chi connectivity index (χ1n) is 6.90. The maximum absolute atomic E-state index is 10.1. The zero-order valence-electron chi connectivity index (χ0n) is 12.7. The van der Waals surface area contributed by atoms with Gasteiger partial charge in [-0.05, 0) is 37.1 Å². The third-order valence-corrected chi connectivity index (χ3v) is 4.26. The van der Waals surface area contributed by atoms with Crippen molar-refractivity contribution in [2.75, 3.05) is 18.6 Å². The number of benzene rings is 1. The molecular formula is C16H27NOS. The Bertz CT molecular complexity index is 373. The predicted octanol–water partition coefficient (Wildman–Crippen LogP) is 3.57. The number of thioether (sulfide) groups is 1. The van der Waals surface area contributed by atoms with Gasteiger partial charge in [-0.2, -0.15) is 11.8 Å². The maximum Gasteiger partial charge on any atom is 0.0833 e. The van der Waals surface area contributed by atoms with Gasteiger partial charge < -0.3 is 10.4 Å². The maximum atomic E-state index is 10.1. The summed E-state index contributed by atoms with van der Waals surface area (Å²) in [6.07, 6.45) is 2.02. The van der Waals surface area contributed by atoms with Gasteiger partial charge in [-0.1, -0.05) is 38.1 Å². The van der Waals surface area contributed by atoms with Crippen molar-refractivity contribution in [3.05, 3.63) is 35.4 Å². The molecule has 19 heavy (non-hydrogen) atoms. The molecule has 108 valence electrons. The van der Waals surface area contributed by atoms with Crippen LogP contribution in [0.2, 0.25) is 0 Å². The van der Waals surface area contributed by atoms with Crippen LogP contribution in [0.15, 0.2) is 24.3 Å². The zero-order chi connectivity index (χ0) is 14.5. The molecule has 1 aromatic rings. The van der Waals surface area contributed by atoms with E-state index in [1.807, 2.05) is 13.2 Å². The highest BCUT2D eigenvalue weighted by molar-refractivity contribution is 7.98. The summed E-state index contributed by atoms with van der Waals surface area (Å²) in [6.45, 7) is 9.04. The average molecular weight is 281 g/mol. The fourth-order valence-corrected chi connectivity index (χ4v) is 2.75. The van der Waals surface area contributed by atoms with Gasteiger partial charge in [0.05, 0.1) is 5.60 Å². The highest BCUT2D eigenvalue weighted by Crippen LogP contribution is 2.19. The van der Waals surface area contributed by atoms with Crippen LogP contribution in [0.1, 0.15) is 50.8 Å². The largest absolute Gasteiger partial charge is 0.388 e. The molecular weight excluding hydrogens is 254 g/mol. The SMILES string of the molecule is CSCC(C)(O)CNC(C)c1ccc(C(C)C)cc1. The normalized spacial score (nSPS) is 16.4. The Hall–Kier alpha value is -0.510. The second kappa shape index (κ2) is 7.32. The highest BCUT2D eigenvalue weighted by Gasteiger charge is 2.20. The second-order valence-electron chi connectivity index (χ2n) is 5.85. The molecule has 0 aromatic heterocycles. The Morgan fingerprint density at radius 3 is 2.16 bits per heavy atom. The van der Waals surface area contributed by atoms with Gasteiger partial charge in [-0.15, -0.1) is 0 Å². The highest BCUT2D eigenvalue weighted by atomic mass is 32.2. The minimum Gasteiger partial charge on any atom is -0.388 e. The van der Waals surface area contributed by atoms with Crippen LogP contribution in [-0.4, -0.2) is 29.3 Å². The Balaban J connectivity index is 2.56. The van der Waals surface area contributed by atoms with E-state index in [1.54, 1.807) is 11.8 Å². The molecule has 0 aliphatic carbocycles. The summed E-state index contributed by atoms with van der Waals surface area (Å²) in [7, 11) is 0. The predicted molar refractivity (Wildman–Crippen MR) is 86.0 cm³/mol. The van der Waals surface area contributed by atoms with Gasteiger partial charge in [0.1, 0.15) is 0 Å². The minimum absolute atomic E-state index is 0.259. The lowest BCUT2D eigenvalue weighted by molar-refractivity contribution is 0.0821. The van der Waals surface area contributed by atoms with Gasteiger partial charge in [0, 0.05) is 18.3 Å². The summed E-state index contributed by atoms with van der Waals surface area (Å²) >= 11 is 1.67. The van der Waals surface area contributed by atoms with Crippen molar-refractivity contribution in [2.45, 2.75) is 45.3 Å². The fraction of sp³-hybridized carbons (Fsp3) is 0.625. The number of rotatable bonds is 7. The number of hydrogen-bond donors (Lipinski definition) is 2. The van der Waals surface area contributed by atoms with Crippen molar-refractivity contribution in [1.82, 2.24) is 5.32 Å². The van der Waals surface area contributed by atoms with E-state index in [2.05, 4.69) is 50.4 Å². The Labute approximate surface area is 122 Å². The molecule has 0 fully saturated rings. The monoisotopic (exact) mass is 281 g/mol. The summed E-state index contributed by atoms with van der Waals surface area (Å²) in [4.78, 5) is 0. The zero-order valence-corrected chi connectivity index (χ0v) is 13.6. The van der Waals surface area contributed by atoms with Gasteiger partial charge in [0.25, 0.3) is 0 Å². The van der Waals surface area contributed by atoms with Crippen molar-refractivity contribution in [3.8, 4) is 0 Å². The Morgan fingerprint density at radius 2 is 1.68 bits per heavy atom. The molecule has 0 amide bonds. The minimum atomic E-state index is -0.647. The molecule has 0 radical (unpaired) electrons. The van der Waals surface area contributed by atoms with Crippen LogP contribution in [0.4, 0.5) is 0 Å². The van der Waals surface area contributed by atoms with E-state index in [1.165, 1.54) is 11.1 Å². The van der Waals surface area contributed by atoms with Gasteiger partial charge in [0.15, 0.2) is 0 Å². The van der Waals surface area contributed by atoms with Gasteiger partial charge in [0.2, 0.25) is 0 Å². The molecule has 2 N–H and O–H groups in total. The van der Waals surface area contributed by atoms with Crippen LogP contribution < -0.4 is 5.32 Å². The first kappa shape index (κ1) is 16.5. The summed E-state index contributed by atoms with van der Waals surface area (Å²) < 4.78 is 0. The lowest BCUT2D eigenvalue weighted by Crippen LogP contribution is -2.40. The summed E-state index contributed by atoms with van der Waals surface area (Å²) in [5, 5.41) is 13.6. The van der Waals surface area contributed by atoms with Crippen LogP contribution in [0, 0.1) is 0 Å². The number of nitrogens with one attached hydrogen (secondary N) is 1. The number of hydrogen-bond acceptors (Lipinski definition) is 3. The molecule has 0 aliphatic heterocycles. The molecule has 0 saturated heterocycles. The van der Waals surface area contributed by atoms with Crippen molar-refractivity contribution in [2.24, 2.45) is 0 Å². The molecule has 3 heteroatoms. The third-order valence-electron chi connectivity index (χ3n) is 3.35. The first-order chi connectivity index (χ1) is 8.85. The molecule has 0 aliphatic rings. The van der Waals surface area contributed by atoms with Crippen molar-refractivity contribution in [1.29, 1.82) is 0 Å². The topological polar surface area (TPSA) is 32.3 Å². The van der Waals surface area contributed by atoms with Gasteiger partial charge in [-0.3, -0.25) is 0 Å². The molecule has 0 saturated carbocycles. The molecule has 1 aromatic carbocycles. The summed E-state index contributed by atoms with van der Waals surface area (Å²) in [5.74, 6) is 1.32. The van der Waals surface area contributed by atoms with E-state index in [-0.39, 0.29) is 6.04 Å². The van der Waals surface area contributed by atoms with E-state index in [0.29, 0.717) is 12.5 Å². The van der Waals surface area contributed by atoms with E-state index in [9.17, 15) is 5.11 Å². The van der Waals surface area contributed by atoms with E-state index in [4.69, 9.17) is 0 Å². The van der Waals surface area contributed by atoms with Crippen LogP contribution in [0.5, 0.6) is 0 Å². The third kappa shape index (κ3) is 5.55. The molecule has 2 nitrogen and oxygen atoms in total. The van der Waals surface area contributed by atoms with Crippen LogP contribution >= 0.6 is 11.8 Å². The van der Waals surface area contributed by atoms with E-state index < -0.39 is 5.60 Å². The van der Waals surface area contributed by atoms with Crippen LogP contribution in [0.25, 0.3) is 0 Å². The molecule has 1 rings (SSSR count). The molecule has 0 bridgehead atoms. The molecule has 2 unspecified atom stereocenters. The van der Waals surface area contributed by atoms with Crippen molar-refractivity contribution < 1.29 is 5.11 Å². The standard InChI is InChI=1S/C16H27NOS/c1-12(2)14-6-8-15(9-7-14)13(3)17-10-16(4,18)11-19-5/h6-9,12-13,17-18H,10-11H2,1-5H3. The smallest absolute Gasteiger partial charge is 0.0833 e. The fourth-order valence-electron chi connectivity index (χ4n) is 2.02. The molecule has 0 heterocycles. The Morgan fingerprint density at radius 1 is 1.16 bits per heavy atom. The average Bonchev–Trinajstić information content (AvgIpc) is 2.36. The second-order valence-corrected chi connectivity index (χ2v) is 6.72. The van der Waals surface area contributed by atoms with Gasteiger partial charge >= 0.3 is 0 Å². The first-order valence-corrected chi connectivity index (χ1v) is 8.29.